The Hall–Kier alpha value is -2.60. The number of aliphatic hydroxyl groups excluding tert-OH is 1. The molecule has 0 amide bonds. The molecule has 0 aromatic heterocycles. The number of aromatic hydroxyl groups is 1. The number of fused-ring (bicyclic) bond motifs is 1. The van der Waals surface area contributed by atoms with Crippen molar-refractivity contribution in [3.8, 4) is 5.75 Å². The predicted octanol–water partition coefficient (Wildman–Crippen LogP) is 3.71. The summed E-state index contributed by atoms with van der Waals surface area (Å²) < 4.78 is 10.5. The number of phenols is 1. The molecule has 1 aliphatic rings. The normalized spacial score (nSPS) is 23.4. The van der Waals surface area contributed by atoms with Gasteiger partial charge in [0.25, 0.3) is 0 Å². The van der Waals surface area contributed by atoms with Gasteiger partial charge in [0.1, 0.15) is 24.0 Å². The van der Waals surface area contributed by atoms with Gasteiger partial charge in [0.2, 0.25) is 0 Å². The summed E-state index contributed by atoms with van der Waals surface area (Å²) in [5.74, 6) is -1.17. The zero-order valence-electron chi connectivity index (χ0n) is 16.9. The van der Waals surface area contributed by atoms with Crippen molar-refractivity contribution in [1.82, 2.24) is 0 Å². The summed E-state index contributed by atoms with van der Waals surface area (Å²) >= 11 is 0. The highest BCUT2D eigenvalue weighted by Crippen LogP contribution is 2.27. The van der Waals surface area contributed by atoms with E-state index >= 15 is 0 Å². The standard InChI is InChI=1S/C23H30O6/c1-3-14-28-21(26)13-7-11-18-15-20(25)16(2)8-4-5-9-17-10-6-12-19(24)22(17)23(27)29-18/h3,6-7,10,12-13,16,18,20,24-25H,1,4-5,8-9,11,14-15H2,2H3/t16-,18?,20+/m0/s1. The topological polar surface area (TPSA) is 93.1 Å². The highest BCUT2D eigenvalue weighted by atomic mass is 16.5. The lowest BCUT2D eigenvalue weighted by atomic mass is 9.91. The van der Waals surface area contributed by atoms with Crippen LogP contribution in [0.2, 0.25) is 0 Å². The molecule has 0 bridgehead atoms. The molecule has 0 saturated carbocycles. The third-order valence-electron chi connectivity index (χ3n) is 5.12. The van der Waals surface area contributed by atoms with Gasteiger partial charge in [-0.2, -0.15) is 0 Å². The second-order valence-corrected chi connectivity index (χ2v) is 7.42. The van der Waals surface area contributed by atoms with Crippen molar-refractivity contribution in [1.29, 1.82) is 0 Å². The van der Waals surface area contributed by atoms with Gasteiger partial charge in [0, 0.05) is 18.9 Å². The van der Waals surface area contributed by atoms with Crippen LogP contribution in [-0.2, 0) is 20.7 Å². The predicted molar refractivity (Wildman–Crippen MR) is 110 cm³/mol. The van der Waals surface area contributed by atoms with Gasteiger partial charge in [0.15, 0.2) is 0 Å². The smallest absolute Gasteiger partial charge is 0.342 e. The zero-order chi connectivity index (χ0) is 21.2. The van der Waals surface area contributed by atoms with Gasteiger partial charge < -0.3 is 19.7 Å². The second kappa shape index (κ2) is 11.4. The Balaban J connectivity index is 2.19. The van der Waals surface area contributed by atoms with Gasteiger partial charge in [0.05, 0.1) is 6.10 Å². The molecule has 2 N–H and O–H groups in total. The van der Waals surface area contributed by atoms with Crippen molar-refractivity contribution in [2.75, 3.05) is 6.61 Å². The van der Waals surface area contributed by atoms with E-state index in [0.29, 0.717) is 6.42 Å². The van der Waals surface area contributed by atoms with Crippen LogP contribution in [0.3, 0.4) is 0 Å². The Labute approximate surface area is 171 Å². The van der Waals surface area contributed by atoms with Crippen LogP contribution < -0.4 is 0 Å². The SMILES string of the molecule is C=CCOC(=O)C=CCC1C[C@@H](O)[C@@H](C)CCCCc2cccc(O)c2C(=O)O1. The maximum absolute atomic E-state index is 12.8. The average molecular weight is 402 g/mol. The third-order valence-corrected chi connectivity index (χ3v) is 5.12. The minimum absolute atomic E-state index is 0.0702. The molecule has 29 heavy (non-hydrogen) atoms. The van der Waals surface area contributed by atoms with Crippen molar-refractivity contribution < 1.29 is 29.3 Å². The van der Waals surface area contributed by atoms with Crippen molar-refractivity contribution in [2.45, 2.75) is 57.7 Å². The van der Waals surface area contributed by atoms with Crippen molar-refractivity contribution >= 4 is 11.9 Å². The maximum atomic E-state index is 12.8. The second-order valence-electron chi connectivity index (χ2n) is 7.42. The molecule has 3 atom stereocenters. The summed E-state index contributed by atoms with van der Waals surface area (Å²) in [5, 5.41) is 20.7. The molecule has 0 spiro atoms. The molecule has 6 heteroatoms. The fourth-order valence-corrected chi connectivity index (χ4v) is 3.41. The average Bonchev–Trinajstić information content (AvgIpc) is 2.68. The van der Waals surface area contributed by atoms with E-state index in [2.05, 4.69) is 6.58 Å². The number of benzene rings is 1. The molecule has 0 saturated heterocycles. The monoisotopic (exact) mass is 402 g/mol. The largest absolute Gasteiger partial charge is 0.507 e. The summed E-state index contributed by atoms with van der Waals surface area (Å²) in [6.07, 6.45) is 6.86. The van der Waals surface area contributed by atoms with Crippen LogP contribution in [0.1, 0.15) is 54.9 Å². The molecule has 1 aromatic carbocycles. The molecule has 2 rings (SSSR count). The van der Waals surface area contributed by atoms with E-state index in [1.54, 1.807) is 12.1 Å². The number of esters is 2. The van der Waals surface area contributed by atoms with Crippen LogP contribution in [0.5, 0.6) is 5.75 Å². The molecular formula is C23H30O6. The van der Waals surface area contributed by atoms with Gasteiger partial charge in [-0.05, 0) is 36.8 Å². The van der Waals surface area contributed by atoms with E-state index in [4.69, 9.17) is 9.47 Å². The number of ether oxygens (including phenoxy) is 2. The Morgan fingerprint density at radius 1 is 1.38 bits per heavy atom. The molecular weight excluding hydrogens is 372 g/mol. The Morgan fingerprint density at radius 2 is 2.17 bits per heavy atom. The summed E-state index contributed by atoms with van der Waals surface area (Å²) in [4.78, 5) is 24.4. The number of carbonyl (C=O) groups is 2. The molecule has 0 aliphatic carbocycles. The molecule has 0 radical (unpaired) electrons. The first kappa shape index (κ1) is 22.7. The number of carbonyl (C=O) groups excluding carboxylic acids is 2. The number of aryl methyl sites for hydroxylation is 1. The van der Waals surface area contributed by atoms with E-state index in [1.165, 1.54) is 18.2 Å². The number of cyclic esters (lactones) is 1. The minimum Gasteiger partial charge on any atom is -0.507 e. The zero-order valence-corrected chi connectivity index (χ0v) is 16.9. The molecule has 1 heterocycles. The Kier molecular flexibility index (Phi) is 8.93. The summed E-state index contributed by atoms with van der Waals surface area (Å²) in [6.45, 7) is 5.58. The lowest BCUT2D eigenvalue weighted by Gasteiger charge is -2.25. The van der Waals surface area contributed by atoms with Crippen LogP contribution in [0, 0.1) is 5.92 Å². The summed E-state index contributed by atoms with van der Waals surface area (Å²) in [7, 11) is 0. The summed E-state index contributed by atoms with van der Waals surface area (Å²) in [5.41, 5.74) is 0.932. The third kappa shape index (κ3) is 7.06. The van der Waals surface area contributed by atoms with E-state index in [9.17, 15) is 19.8 Å². The van der Waals surface area contributed by atoms with Gasteiger partial charge in [-0.25, -0.2) is 9.59 Å². The first-order valence-corrected chi connectivity index (χ1v) is 10.1. The van der Waals surface area contributed by atoms with E-state index in [-0.39, 0.29) is 36.7 Å². The van der Waals surface area contributed by atoms with Crippen LogP contribution in [-0.4, -0.2) is 41.0 Å². The van der Waals surface area contributed by atoms with E-state index in [0.717, 1.165) is 24.8 Å². The van der Waals surface area contributed by atoms with Crippen LogP contribution in [0.15, 0.2) is 43.0 Å². The molecule has 1 unspecified atom stereocenters. The fraction of sp³-hybridized carbons (Fsp3) is 0.478. The number of rotatable bonds is 5. The lowest BCUT2D eigenvalue weighted by molar-refractivity contribution is -0.136. The molecule has 6 nitrogen and oxygen atoms in total. The van der Waals surface area contributed by atoms with Gasteiger partial charge in [-0.1, -0.05) is 44.2 Å². The maximum Gasteiger partial charge on any atom is 0.342 e. The van der Waals surface area contributed by atoms with Gasteiger partial charge in [-0.15, -0.1) is 0 Å². The van der Waals surface area contributed by atoms with Crippen molar-refractivity contribution in [3.05, 3.63) is 54.1 Å². The number of aliphatic hydroxyl groups is 1. The number of phenolic OH excluding ortho intramolecular Hbond substituents is 1. The fourth-order valence-electron chi connectivity index (χ4n) is 3.41. The Morgan fingerprint density at radius 3 is 2.93 bits per heavy atom. The molecule has 1 aliphatic heterocycles. The molecule has 158 valence electrons. The summed E-state index contributed by atoms with van der Waals surface area (Å²) in [6, 6.07) is 5.01. The van der Waals surface area contributed by atoms with E-state index < -0.39 is 24.1 Å². The molecule has 0 fully saturated rings. The van der Waals surface area contributed by atoms with E-state index in [1.807, 2.05) is 13.0 Å². The highest BCUT2D eigenvalue weighted by Gasteiger charge is 2.26. The lowest BCUT2D eigenvalue weighted by Crippen LogP contribution is -2.28. The van der Waals surface area contributed by atoms with Crippen LogP contribution in [0.25, 0.3) is 0 Å². The first-order chi connectivity index (χ1) is 13.9. The van der Waals surface area contributed by atoms with Crippen LogP contribution >= 0.6 is 0 Å². The number of hydrogen-bond acceptors (Lipinski definition) is 6. The van der Waals surface area contributed by atoms with Crippen molar-refractivity contribution in [2.24, 2.45) is 5.92 Å². The van der Waals surface area contributed by atoms with Crippen LogP contribution in [0.4, 0.5) is 0 Å². The Bertz CT molecular complexity index is 739. The first-order valence-electron chi connectivity index (χ1n) is 10.1. The highest BCUT2D eigenvalue weighted by molar-refractivity contribution is 5.94. The van der Waals surface area contributed by atoms with Gasteiger partial charge in [-0.3, -0.25) is 0 Å². The number of hydrogen-bond donors (Lipinski definition) is 2. The van der Waals surface area contributed by atoms with Crippen molar-refractivity contribution in [3.63, 3.8) is 0 Å². The minimum atomic E-state index is -0.629. The molecule has 1 aromatic rings. The van der Waals surface area contributed by atoms with Gasteiger partial charge >= 0.3 is 11.9 Å². The quantitative estimate of drug-likeness (QED) is 0.443.